The zero-order chi connectivity index (χ0) is 9.78. The predicted molar refractivity (Wildman–Crippen MR) is 52.6 cm³/mol. The van der Waals surface area contributed by atoms with Crippen LogP contribution in [0.4, 0.5) is 0 Å². The number of hydrogen-bond acceptors (Lipinski definition) is 2. The Morgan fingerprint density at radius 3 is 2.25 bits per heavy atom. The standard InChI is InChI=1S/C9H16O2S/c1-5-6-7-8(2)9(3)12(4,10)11/h5H,1,6-7H2,2-4H3/b9-8+. The van der Waals surface area contributed by atoms with Gasteiger partial charge in [0.15, 0.2) is 9.84 Å². The van der Waals surface area contributed by atoms with Gasteiger partial charge in [0.05, 0.1) is 0 Å². The zero-order valence-corrected chi connectivity index (χ0v) is 8.74. The second-order valence-corrected chi connectivity index (χ2v) is 5.09. The van der Waals surface area contributed by atoms with Crippen LogP contribution in [-0.4, -0.2) is 14.7 Å². The van der Waals surface area contributed by atoms with E-state index in [2.05, 4.69) is 6.58 Å². The van der Waals surface area contributed by atoms with Crippen molar-refractivity contribution < 1.29 is 8.42 Å². The molecule has 0 unspecified atom stereocenters. The van der Waals surface area contributed by atoms with Crippen molar-refractivity contribution in [3.8, 4) is 0 Å². The molecule has 70 valence electrons. The Labute approximate surface area is 74.9 Å². The van der Waals surface area contributed by atoms with Gasteiger partial charge in [-0.15, -0.1) is 6.58 Å². The van der Waals surface area contributed by atoms with E-state index in [-0.39, 0.29) is 0 Å². The monoisotopic (exact) mass is 188 g/mol. The van der Waals surface area contributed by atoms with Gasteiger partial charge in [-0.2, -0.15) is 0 Å². The highest BCUT2D eigenvalue weighted by Gasteiger charge is 2.07. The molecule has 0 aliphatic rings. The van der Waals surface area contributed by atoms with Crippen LogP contribution in [0, 0.1) is 0 Å². The van der Waals surface area contributed by atoms with Gasteiger partial charge in [-0.25, -0.2) is 8.42 Å². The third-order valence-corrected chi connectivity index (χ3v) is 3.34. The van der Waals surface area contributed by atoms with Crippen LogP contribution in [0.5, 0.6) is 0 Å². The lowest BCUT2D eigenvalue weighted by molar-refractivity contribution is 0.607. The maximum atomic E-state index is 11.1. The molecule has 0 aromatic heterocycles. The van der Waals surface area contributed by atoms with Crippen molar-refractivity contribution in [2.24, 2.45) is 0 Å². The van der Waals surface area contributed by atoms with Gasteiger partial charge in [0, 0.05) is 11.2 Å². The van der Waals surface area contributed by atoms with E-state index < -0.39 is 9.84 Å². The molecular weight excluding hydrogens is 172 g/mol. The van der Waals surface area contributed by atoms with Crippen LogP contribution in [0.25, 0.3) is 0 Å². The van der Waals surface area contributed by atoms with Crippen molar-refractivity contribution in [2.75, 3.05) is 6.26 Å². The van der Waals surface area contributed by atoms with E-state index in [0.717, 1.165) is 18.4 Å². The maximum absolute atomic E-state index is 11.1. The number of hydrogen-bond donors (Lipinski definition) is 0. The highest BCUT2D eigenvalue weighted by Crippen LogP contribution is 2.14. The second-order valence-electron chi connectivity index (χ2n) is 2.94. The van der Waals surface area contributed by atoms with Crippen LogP contribution >= 0.6 is 0 Å². The summed E-state index contributed by atoms with van der Waals surface area (Å²) < 4.78 is 22.1. The smallest absolute Gasteiger partial charge is 0.171 e. The van der Waals surface area contributed by atoms with Crippen molar-refractivity contribution >= 4 is 9.84 Å². The molecule has 0 aliphatic carbocycles. The molecule has 2 nitrogen and oxygen atoms in total. The molecule has 0 saturated carbocycles. The Morgan fingerprint density at radius 1 is 1.42 bits per heavy atom. The summed E-state index contributed by atoms with van der Waals surface area (Å²) in [5, 5.41) is 0. The van der Waals surface area contributed by atoms with Crippen molar-refractivity contribution in [1.29, 1.82) is 0 Å². The summed E-state index contributed by atoms with van der Waals surface area (Å²) in [6.45, 7) is 7.08. The molecule has 0 saturated heterocycles. The molecule has 0 radical (unpaired) electrons. The van der Waals surface area contributed by atoms with Gasteiger partial charge in [-0.1, -0.05) is 11.6 Å². The molecule has 0 heterocycles. The highest BCUT2D eigenvalue weighted by atomic mass is 32.2. The average Bonchev–Trinajstić information content (AvgIpc) is 1.97. The molecule has 0 spiro atoms. The first-order chi connectivity index (χ1) is 5.39. The Balaban J connectivity index is 4.59. The first-order valence-electron chi connectivity index (χ1n) is 3.87. The van der Waals surface area contributed by atoms with E-state index in [1.165, 1.54) is 6.26 Å². The van der Waals surface area contributed by atoms with Gasteiger partial charge in [0.1, 0.15) is 0 Å². The van der Waals surface area contributed by atoms with Gasteiger partial charge in [-0.3, -0.25) is 0 Å². The molecule has 0 rings (SSSR count). The molecule has 0 amide bonds. The Hall–Kier alpha value is -0.570. The fourth-order valence-electron chi connectivity index (χ4n) is 0.811. The molecular formula is C9H16O2S. The molecule has 0 bridgehead atoms. The van der Waals surface area contributed by atoms with Crippen molar-refractivity contribution in [3.63, 3.8) is 0 Å². The van der Waals surface area contributed by atoms with Crippen molar-refractivity contribution in [3.05, 3.63) is 23.1 Å². The van der Waals surface area contributed by atoms with Gasteiger partial charge in [-0.05, 0) is 26.7 Å². The molecule has 0 fully saturated rings. The van der Waals surface area contributed by atoms with Crippen LogP contribution < -0.4 is 0 Å². The lowest BCUT2D eigenvalue weighted by Crippen LogP contribution is -1.99. The Kier molecular flexibility index (Phi) is 4.24. The fraction of sp³-hybridized carbons (Fsp3) is 0.556. The minimum absolute atomic E-state index is 0.490. The van der Waals surface area contributed by atoms with Crippen LogP contribution in [0.3, 0.4) is 0 Å². The molecule has 12 heavy (non-hydrogen) atoms. The molecule has 0 aromatic carbocycles. The van der Waals surface area contributed by atoms with E-state index in [1.807, 2.05) is 6.92 Å². The number of rotatable bonds is 4. The topological polar surface area (TPSA) is 34.1 Å². The largest absolute Gasteiger partial charge is 0.224 e. The van der Waals surface area contributed by atoms with Crippen LogP contribution in [0.1, 0.15) is 26.7 Å². The lowest BCUT2D eigenvalue weighted by atomic mass is 10.1. The second kappa shape index (κ2) is 4.45. The molecule has 0 N–H and O–H groups in total. The van der Waals surface area contributed by atoms with E-state index in [9.17, 15) is 8.42 Å². The first kappa shape index (κ1) is 11.4. The maximum Gasteiger partial charge on any atom is 0.171 e. The quantitative estimate of drug-likeness (QED) is 0.634. The third-order valence-electron chi connectivity index (χ3n) is 1.88. The summed E-state index contributed by atoms with van der Waals surface area (Å²) in [6, 6.07) is 0. The molecule has 0 aromatic rings. The van der Waals surface area contributed by atoms with E-state index >= 15 is 0 Å². The summed E-state index contributed by atoms with van der Waals surface area (Å²) in [5.74, 6) is 0. The van der Waals surface area contributed by atoms with E-state index in [4.69, 9.17) is 0 Å². The average molecular weight is 188 g/mol. The van der Waals surface area contributed by atoms with Crippen LogP contribution in [0.2, 0.25) is 0 Å². The number of allylic oxidation sites excluding steroid dienone is 3. The number of sulfone groups is 1. The normalized spacial score (nSPS) is 13.9. The zero-order valence-electron chi connectivity index (χ0n) is 7.92. The van der Waals surface area contributed by atoms with Crippen LogP contribution in [0.15, 0.2) is 23.1 Å². The van der Waals surface area contributed by atoms with Gasteiger partial charge >= 0.3 is 0 Å². The van der Waals surface area contributed by atoms with Gasteiger partial charge in [0.2, 0.25) is 0 Å². The summed E-state index contributed by atoms with van der Waals surface area (Å²) in [5.41, 5.74) is 0.928. The third kappa shape index (κ3) is 3.72. The highest BCUT2D eigenvalue weighted by molar-refractivity contribution is 7.94. The Bertz CT molecular complexity index is 284. The Morgan fingerprint density at radius 2 is 1.92 bits per heavy atom. The van der Waals surface area contributed by atoms with Crippen molar-refractivity contribution in [2.45, 2.75) is 26.7 Å². The van der Waals surface area contributed by atoms with Gasteiger partial charge in [0.25, 0.3) is 0 Å². The molecule has 0 atom stereocenters. The minimum atomic E-state index is -2.99. The van der Waals surface area contributed by atoms with E-state index in [1.54, 1.807) is 13.0 Å². The summed E-state index contributed by atoms with van der Waals surface area (Å²) >= 11 is 0. The van der Waals surface area contributed by atoms with E-state index in [0.29, 0.717) is 4.91 Å². The summed E-state index contributed by atoms with van der Waals surface area (Å²) in [4.78, 5) is 0.490. The fourth-order valence-corrected chi connectivity index (χ4v) is 1.55. The van der Waals surface area contributed by atoms with Crippen LogP contribution in [-0.2, 0) is 9.84 Å². The summed E-state index contributed by atoms with van der Waals surface area (Å²) in [6.07, 6.45) is 4.64. The summed E-state index contributed by atoms with van der Waals surface area (Å²) in [7, 11) is -2.99. The predicted octanol–water partition coefficient (Wildman–Crippen LogP) is 2.29. The SMILES string of the molecule is C=CCC/C(C)=C(\C)S(C)(=O)=O. The molecule has 3 heteroatoms. The minimum Gasteiger partial charge on any atom is -0.224 e. The molecule has 0 aliphatic heterocycles. The lowest BCUT2D eigenvalue weighted by Gasteiger charge is -2.03. The van der Waals surface area contributed by atoms with Gasteiger partial charge < -0.3 is 0 Å². The van der Waals surface area contributed by atoms with Crippen molar-refractivity contribution in [1.82, 2.24) is 0 Å². The first-order valence-corrected chi connectivity index (χ1v) is 5.76.